The first-order valence-corrected chi connectivity index (χ1v) is 6.73. The number of ether oxygens (including phenoxy) is 1. The lowest BCUT2D eigenvalue weighted by Crippen LogP contribution is -2.41. The average molecular weight is 292 g/mol. The molecule has 1 saturated heterocycles. The summed E-state index contributed by atoms with van der Waals surface area (Å²) in [5, 5.41) is 25.2. The van der Waals surface area contributed by atoms with Crippen molar-refractivity contribution >= 4 is 5.97 Å². The second-order valence-electron chi connectivity index (χ2n) is 5.15. The Morgan fingerprint density at radius 3 is 2.90 bits per heavy atom. The fourth-order valence-corrected chi connectivity index (χ4v) is 2.49. The molecule has 0 unspecified atom stereocenters. The summed E-state index contributed by atoms with van der Waals surface area (Å²) in [5.74, 6) is -0.239. The summed E-state index contributed by atoms with van der Waals surface area (Å²) in [6, 6.07) is 1.81. The van der Waals surface area contributed by atoms with Gasteiger partial charge < -0.3 is 9.84 Å². The summed E-state index contributed by atoms with van der Waals surface area (Å²) in [5.41, 5.74) is -0.869. The Morgan fingerprint density at radius 2 is 2.24 bits per heavy atom. The minimum atomic E-state index is -0.869. The van der Waals surface area contributed by atoms with Crippen molar-refractivity contribution in [2.75, 3.05) is 13.2 Å². The van der Waals surface area contributed by atoms with Crippen LogP contribution in [0.15, 0.2) is 18.5 Å². The predicted molar refractivity (Wildman–Crippen MR) is 69.3 cm³/mol. The number of aromatic nitrogens is 6. The van der Waals surface area contributed by atoms with Crippen LogP contribution >= 0.6 is 0 Å². The quantitative estimate of drug-likeness (QED) is 0.812. The minimum absolute atomic E-state index is 0.245. The Bertz CT molecular complexity index is 602. The summed E-state index contributed by atoms with van der Waals surface area (Å²) in [4.78, 5) is 11.7. The Labute approximate surface area is 120 Å². The minimum Gasteiger partial charge on any atom is -0.481 e. The Morgan fingerprint density at radius 1 is 1.43 bits per heavy atom. The van der Waals surface area contributed by atoms with E-state index in [9.17, 15) is 9.90 Å². The van der Waals surface area contributed by atoms with Crippen molar-refractivity contribution in [2.24, 2.45) is 5.41 Å². The van der Waals surface area contributed by atoms with Gasteiger partial charge >= 0.3 is 5.97 Å². The number of aliphatic carboxylic acids is 1. The first-order chi connectivity index (χ1) is 10.2. The van der Waals surface area contributed by atoms with Crippen LogP contribution in [0.4, 0.5) is 0 Å². The molecule has 1 aliphatic heterocycles. The maximum absolute atomic E-state index is 11.7. The van der Waals surface area contributed by atoms with E-state index < -0.39 is 11.4 Å². The lowest BCUT2D eigenvalue weighted by Gasteiger charge is -2.32. The zero-order valence-corrected chi connectivity index (χ0v) is 11.4. The Kier molecular flexibility index (Phi) is 3.65. The van der Waals surface area contributed by atoms with Gasteiger partial charge in [-0.15, -0.1) is 5.10 Å². The first kappa shape index (κ1) is 13.7. The van der Waals surface area contributed by atoms with Crippen molar-refractivity contribution < 1.29 is 14.6 Å². The number of hydrogen-bond donors (Lipinski definition) is 1. The van der Waals surface area contributed by atoms with E-state index in [0.29, 0.717) is 38.4 Å². The van der Waals surface area contributed by atoms with Crippen molar-refractivity contribution in [3.8, 4) is 0 Å². The third kappa shape index (κ3) is 2.77. The van der Waals surface area contributed by atoms with Crippen molar-refractivity contribution in [2.45, 2.75) is 25.9 Å². The molecular formula is C12H16N6O3. The average Bonchev–Trinajstić information content (AvgIpc) is 3.13. The van der Waals surface area contributed by atoms with Gasteiger partial charge in [-0.05, 0) is 29.3 Å². The molecule has 0 radical (unpaired) electrons. The molecule has 0 atom stereocenters. The number of carboxylic acids is 1. The van der Waals surface area contributed by atoms with Gasteiger partial charge in [-0.25, -0.2) is 4.68 Å². The van der Waals surface area contributed by atoms with Crippen LogP contribution < -0.4 is 0 Å². The first-order valence-electron chi connectivity index (χ1n) is 6.73. The van der Waals surface area contributed by atoms with Crippen LogP contribution in [0.5, 0.6) is 0 Å². The summed E-state index contributed by atoms with van der Waals surface area (Å²) in [6.45, 7) is 1.55. The summed E-state index contributed by atoms with van der Waals surface area (Å²) < 4.78 is 8.52. The zero-order chi connectivity index (χ0) is 14.7. The highest BCUT2D eigenvalue weighted by Crippen LogP contribution is 2.32. The molecule has 9 nitrogen and oxygen atoms in total. The third-order valence-electron chi connectivity index (χ3n) is 3.82. The second kappa shape index (κ2) is 5.60. The zero-order valence-electron chi connectivity index (χ0n) is 11.4. The largest absolute Gasteiger partial charge is 0.481 e. The number of tetrazole rings is 1. The van der Waals surface area contributed by atoms with E-state index >= 15 is 0 Å². The van der Waals surface area contributed by atoms with Crippen LogP contribution in [0.3, 0.4) is 0 Å². The van der Waals surface area contributed by atoms with Crippen molar-refractivity contribution in [1.82, 2.24) is 30.0 Å². The molecule has 0 amide bonds. The van der Waals surface area contributed by atoms with Gasteiger partial charge in [0.2, 0.25) is 0 Å². The van der Waals surface area contributed by atoms with Crippen LogP contribution in [-0.2, 0) is 22.6 Å². The standard InChI is InChI=1S/C12H16N6O3/c19-11(20)12(2-6-21-7-3-12)9-18-10(14-15-16-18)8-17-5-1-4-13-17/h1,4-5H,2-3,6-9H2,(H,19,20). The monoisotopic (exact) mass is 292 g/mol. The van der Waals surface area contributed by atoms with Crippen molar-refractivity contribution in [3.05, 3.63) is 24.3 Å². The molecule has 2 aromatic heterocycles. The number of nitrogens with zero attached hydrogens (tertiary/aromatic N) is 6. The van der Waals surface area contributed by atoms with Gasteiger partial charge in [0.25, 0.3) is 0 Å². The lowest BCUT2D eigenvalue weighted by atomic mass is 9.80. The molecule has 3 rings (SSSR count). The molecular weight excluding hydrogens is 276 g/mol. The highest BCUT2D eigenvalue weighted by Gasteiger charge is 2.41. The number of rotatable bonds is 5. The van der Waals surface area contributed by atoms with E-state index in [0.717, 1.165) is 0 Å². The molecule has 3 heterocycles. The van der Waals surface area contributed by atoms with Gasteiger partial charge in [0.05, 0.1) is 12.0 Å². The molecule has 112 valence electrons. The molecule has 9 heteroatoms. The van der Waals surface area contributed by atoms with Crippen LogP contribution in [0.2, 0.25) is 0 Å². The van der Waals surface area contributed by atoms with E-state index in [-0.39, 0.29) is 6.54 Å². The molecule has 1 fully saturated rings. The van der Waals surface area contributed by atoms with E-state index in [2.05, 4.69) is 20.6 Å². The molecule has 0 spiro atoms. The van der Waals surface area contributed by atoms with Gasteiger partial charge in [0.15, 0.2) is 5.82 Å². The molecule has 0 aromatic carbocycles. The van der Waals surface area contributed by atoms with Gasteiger partial charge in [0, 0.05) is 25.6 Å². The van der Waals surface area contributed by atoms with Crippen molar-refractivity contribution in [1.29, 1.82) is 0 Å². The lowest BCUT2D eigenvalue weighted by molar-refractivity contribution is -0.156. The predicted octanol–water partition coefficient (Wildman–Crippen LogP) is -0.201. The number of carboxylic acid groups (broad SMARTS) is 1. The summed E-state index contributed by atoms with van der Waals surface area (Å²) >= 11 is 0. The van der Waals surface area contributed by atoms with Crippen molar-refractivity contribution in [3.63, 3.8) is 0 Å². The van der Waals surface area contributed by atoms with E-state index in [1.807, 2.05) is 6.07 Å². The normalized spacial score (nSPS) is 17.7. The van der Waals surface area contributed by atoms with Gasteiger partial charge in [-0.1, -0.05) is 0 Å². The molecule has 1 N–H and O–H groups in total. The van der Waals surface area contributed by atoms with E-state index in [4.69, 9.17) is 4.74 Å². The Hall–Kier alpha value is -2.29. The smallest absolute Gasteiger partial charge is 0.311 e. The van der Waals surface area contributed by atoms with E-state index in [1.54, 1.807) is 21.8 Å². The second-order valence-corrected chi connectivity index (χ2v) is 5.15. The van der Waals surface area contributed by atoms with Crippen LogP contribution in [0, 0.1) is 5.41 Å². The molecule has 1 aliphatic rings. The third-order valence-corrected chi connectivity index (χ3v) is 3.82. The molecule has 21 heavy (non-hydrogen) atoms. The van der Waals surface area contributed by atoms with Gasteiger partial charge in [-0.3, -0.25) is 9.48 Å². The maximum atomic E-state index is 11.7. The Balaban J connectivity index is 1.80. The highest BCUT2D eigenvalue weighted by molar-refractivity contribution is 5.74. The number of carbonyl (C=O) groups is 1. The van der Waals surface area contributed by atoms with Crippen LogP contribution in [-0.4, -0.2) is 54.3 Å². The summed E-state index contributed by atoms with van der Waals surface area (Å²) in [7, 11) is 0. The van der Waals surface area contributed by atoms with Crippen LogP contribution in [0.25, 0.3) is 0 Å². The molecule has 0 saturated carbocycles. The highest BCUT2D eigenvalue weighted by atomic mass is 16.5. The fourth-order valence-electron chi connectivity index (χ4n) is 2.49. The van der Waals surface area contributed by atoms with Gasteiger partial charge in [-0.2, -0.15) is 5.10 Å². The number of hydrogen-bond acceptors (Lipinski definition) is 6. The molecule has 0 aliphatic carbocycles. The topological polar surface area (TPSA) is 108 Å². The van der Waals surface area contributed by atoms with Crippen LogP contribution in [0.1, 0.15) is 18.7 Å². The SMILES string of the molecule is O=C(O)C1(Cn2nnnc2Cn2cccn2)CCOCC1. The fraction of sp³-hybridized carbons (Fsp3) is 0.583. The molecule has 0 bridgehead atoms. The van der Waals surface area contributed by atoms with Gasteiger partial charge in [0.1, 0.15) is 6.54 Å². The molecule has 2 aromatic rings. The maximum Gasteiger partial charge on any atom is 0.311 e. The summed E-state index contributed by atoms with van der Waals surface area (Å²) in [6.07, 6.45) is 4.40. The van der Waals surface area contributed by atoms with E-state index in [1.165, 1.54) is 0 Å².